The SMILES string of the molecule is O=CC1OC=CC=C1OCc1cccs1. The number of hydrogen-bond acceptors (Lipinski definition) is 4. The van der Waals surface area contributed by atoms with E-state index in [0.717, 1.165) is 11.2 Å². The second-order valence-corrected chi connectivity index (χ2v) is 3.99. The van der Waals surface area contributed by atoms with E-state index in [4.69, 9.17) is 9.47 Å². The molecule has 0 saturated carbocycles. The number of allylic oxidation sites excluding steroid dienone is 2. The molecule has 0 saturated heterocycles. The number of ether oxygens (including phenoxy) is 2. The van der Waals surface area contributed by atoms with Crippen LogP contribution in [0.2, 0.25) is 0 Å². The molecule has 4 heteroatoms. The minimum Gasteiger partial charge on any atom is -0.488 e. The maximum Gasteiger partial charge on any atom is 0.209 e. The van der Waals surface area contributed by atoms with Crippen molar-refractivity contribution in [3.63, 3.8) is 0 Å². The van der Waals surface area contributed by atoms with E-state index in [-0.39, 0.29) is 0 Å². The van der Waals surface area contributed by atoms with E-state index in [1.807, 2.05) is 17.5 Å². The van der Waals surface area contributed by atoms with Gasteiger partial charge in [0.05, 0.1) is 6.26 Å². The average molecular weight is 222 g/mol. The van der Waals surface area contributed by atoms with Crippen LogP contribution in [0, 0.1) is 0 Å². The highest BCUT2D eigenvalue weighted by Crippen LogP contribution is 2.17. The van der Waals surface area contributed by atoms with Crippen molar-refractivity contribution in [1.29, 1.82) is 0 Å². The number of carbonyl (C=O) groups excluding carboxylic acids is 1. The highest BCUT2D eigenvalue weighted by atomic mass is 32.1. The molecule has 15 heavy (non-hydrogen) atoms. The Kier molecular flexibility index (Phi) is 3.19. The minimum absolute atomic E-state index is 0.477. The summed E-state index contributed by atoms with van der Waals surface area (Å²) in [7, 11) is 0. The summed E-state index contributed by atoms with van der Waals surface area (Å²) in [5.41, 5.74) is 0. The highest BCUT2D eigenvalue weighted by Gasteiger charge is 2.17. The third kappa shape index (κ3) is 2.47. The smallest absolute Gasteiger partial charge is 0.209 e. The van der Waals surface area contributed by atoms with Gasteiger partial charge >= 0.3 is 0 Å². The fourth-order valence-electron chi connectivity index (χ4n) is 1.20. The lowest BCUT2D eigenvalue weighted by Crippen LogP contribution is -2.18. The molecule has 0 N–H and O–H groups in total. The van der Waals surface area contributed by atoms with Crippen LogP contribution in [-0.4, -0.2) is 12.4 Å². The predicted octanol–water partition coefficient (Wildman–Crippen LogP) is 2.26. The van der Waals surface area contributed by atoms with Crippen LogP contribution < -0.4 is 0 Å². The fraction of sp³-hybridized carbons (Fsp3) is 0.182. The minimum atomic E-state index is -0.602. The summed E-state index contributed by atoms with van der Waals surface area (Å²) in [5, 5.41) is 1.99. The number of aldehydes is 1. The third-order valence-corrected chi connectivity index (χ3v) is 2.78. The molecule has 0 amide bonds. The molecule has 0 spiro atoms. The Morgan fingerprint density at radius 3 is 3.27 bits per heavy atom. The Balaban J connectivity index is 1.95. The van der Waals surface area contributed by atoms with Crippen LogP contribution in [0.4, 0.5) is 0 Å². The quantitative estimate of drug-likeness (QED) is 0.733. The molecule has 0 radical (unpaired) electrons. The van der Waals surface area contributed by atoms with E-state index in [1.165, 1.54) is 6.26 Å². The number of rotatable bonds is 4. The monoisotopic (exact) mass is 222 g/mol. The Morgan fingerprint density at radius 1 is 1.60 bits per heavy atom. The van der Waals surface area contributed by atoms with E-state index in [2.05, 4.69) is 0 Å². The van der Waals surface area contributed by atoms with E-state index >= 15 is 0 Å². The van der Waals surface area contributed by atoms with E-state index < -0.39 is 6.10 Å². The first-order valence-corrected chi connectivity index (χ1v) is 5.41. The zero-order valence-corrected chi connectivity index (χ0v) is 8.78. The fourth-order valence-corrected chi connectivity index (χ4v) is 1.82. The molecule has 1 aliphatic rings. The van der Waals surface area contributed by atoms with Gasteiger partial charge in [0, 0.05) is 4.88 Å². The lowest BCUT2D eigenvalue weighted by Gasteiger charge is -2.17. The standard InChI is InChI=1S/C11H10O3S/c12-7-11-10(4-1-5-13-11)14-8-9-3-2-6-15-9/h1-7,11H,8H2. The van der Waals surface area contributed by atoms with Crippen LogP contribution in [0.15, 0.2) is 41.7 Å². The van der Waals surface area contributed by atoms with Crippen molar-refractivity contribution in [2.45, 2.75) is 12.7 Å². The second-order valence-electron chi connectivity index (χ2n) is 2.96. The number of carbonyl (C=O) groups is 1. The number of thiophene rings is 1. The Hall–Kier alpha value is -1.55. The van der Waals surface area contributed by atoms with Gasteiger partial charge in [-0.25, -0.2) is 0 Å². The topological polar surface area (TPSA) is 35.5 Å². The molecule has 1 atom stereocenters. The average Bonchev–Trinajstić information content (AvgIpc) is 2.79. The summed E-state index contributed by atoms with van der Waals surface area (Å²) in [6.45, 7) is 0.477. The first-order valence-electron chi connectivity index (χ1n) is 4.53. The molecule has 0 aromatic carbocycles. The molecule has 2 heterocycles. The van der Waals surface area contributed by atoms with Crippen LogP contribution in [-0.2, 0) is 20.9 Å². The first-order chi connectivity index (χ1) is 7.40. The van der Waals surface area contributed by atoms with E-state index in [1.54, 1.807) is 23.5 Å². The summed E-state index contributed by atoms with van der Waals surface area (Å²) in [6, 6.07) is 3.95. The zero-order valence-electron chi connectivity index (χ0n) is 7.96. The van der Waals surface area contributed by atoms with Gasteiger partial charge in [-0.05, 0) is 23.6 Å². The van der Waals surface area contributed by atoms with Gasteiger partial charge in [0.25, 0.3) is 0 Å². The first kappa shape index (κ1) is 9.98. The van der Waals surface area contributed by atoms with Crippen molar-refractivity contribution in [3.05, 3.63) is 46.6 Å². The molecule has 3 nitrogen and oxygen atoms in total. The van der Waals surface area contributed by atoms with Crippen LogP contribution in [0.5, 0.6) is 0 Å². The molecule has 1 aromatic heterocycles. The van der Waals surface area contributed by atoms with Crippen molar-refractivity contribution in [1.82, 2.24) is 0 Å². The summed E-state index contributed by atoms with van der Waals surface area (Å²) in [6.07, 6.45) is 5.07. The van der Waals surface area contributed by atoms with Crippen molar-refractivity contribution in [3.8, 4) is 0 Å². The van der Waals surface area contributed by atoms with Gasteiger partial charge in [-0.2, -0.15) is 0 Å². The summed E-state index contributed by atoms with van der Waals surface area (Å²) < 4.78 is 10.6. The lowest BCUT2D eigenvalue weighted by molar-refractivity contribution is -0.115. The van der Waals surface area contributed by atoms with E-state index in [9.17, 15) is 4.79 Å². The van der Waals surface area contributed by atoms with Crippen LogP contribution in [0.25, 0.3) is 0 Å². The normalized spacial score (nSPS) is 19.2. The highest BCUT2D eigenvalue weighted by molar-refractivity contribution is 7.09. The maximum absolute atomic E-state index is 10.7. The molecule has 0 fully saturated rings. The van der Waals surface area contributed by atoms with Gasteiger partial charge in [-0.1, -0.05) is 6.07 Å². The molecule has 1 aromatic rings. The van der Waals surface area contributed by atoms with Crippen LogP contribution in [0.3, 0.4) is 0 Å². The van der Waals surface area contributed by atoms with Gasteiger partial charge in [-0.15, -0.1) is 11.3 Å². The van der Waals surface area contributed by atoms with Gasteiger partial charge in [-0.3, -0.25) is 4.79 Å². The molecular weight excluding hydrogens is 212 g/mol. The van der Waals surface area contributed by atoms with Crippen LogP contribution in [0.1, 0.15) is 4.88 Å². The maximum atomic E-state index is 10.7. The van der Waals surface area contributed by atoms with Gasteiger partial charge in [0.15, 0.2) is 6.29 Å². The van der Waals surface area contributed by atoms with Crippen molar-refractivity contribution < 1.29 is 14.3 Å². The molecule has 0 bridgehead atoms. The Morgan fingerprint density at radius 2 is 2.53 bits per heavy atom. The second kappa shape index (κ2) is 4.79. The predicted molar refractivity (Wildman–Crippen MR) is 57.3 cm³/mol. The largest absolute Gasteiger partial charge is 0.488 e. The molecule has 0 aliphatic carbocycles. The third-order valence-electron chi connectivity index (χ3n) is 1.93. The molecule has 78 valence electrons. The molecule has 1 aliphatic heterocycles. The Labute approximate surface area is 91.6 Å². The molecular formula is C11H10O3S. The molecule has 2 rings (SSSR count). The molecule has 1 unspecified atom stereocenters. The van der Waals surface area contributed by atoms with Crippen molar-refractivity contribution in [2.24, 2.45) is 0 Å². The van der Waals surface area contributed by atoms with Gasteiger partial charge < -0.3 is 9.47 Å². The summed E-state index contributed by atoms with van der Waals surface area (Å²) in [5.74, 6) is 0.556. The van der Waals surface area contributed by atoms with Gasteiger partial charge in [0.1, 0.15) is 12.4 Å². The summed E-state index contributed by atoms with van der Waals surface area (Å²) in [4.78, 5) is 11.8. The van der Waals surface area contributed by atoms with Crippen molar-refractivity contribution >= 4 is 17.6 Å². The van der Waals surface area contributed by atoms with Crippen molar-refractivity contribution in [2.75, 3.05) is 0 Å². The Bertz CT molecular complexity index is 379. The van der Waals surface area contributed by atoms with Gasteiger partial charge in [0.2, 0.25) is 6.10 Å². The zero-order chi connectivity index (χ0) is 10.5. The number of hydrogen-bond donors (Lipinski definition) is 0. The van der Waals surface area contributed by atoms with Crippen LogP contribution >= 0.6 is 11.3 Å². The summed E-state index contributed by atoms with van der Waals surface area (Å²) >= 11 is 1.62. The lowest BCUT2D eigenvalue weighted by atomic mass is 10.2. The van der Waals surface area contributed by atoms with E-state index in [0.29, 0.717) is 12.4 Å².